The number of halogens is 3. The molecule has 3 aromatic rings. The third-order valence-electron chi connectivity index (χ3n) is 7.09. The van der Waals surface area contributed by atoms with Gasteiger partial charge in [-0.05, 0) is 103 Å². The van der Waals surface area contributed by atoms with E-state index < -0.39 is 53.1 Å². The molecule has 0 fully saturated rings. The number of esters is 1. The third-order valence-corrected chi connectivity index (χ3v) is 7.47. The molecule has 3 rings (SSSR count). The number of carbonyl (C=O) groups is 2. The molecule has 0 bridgehead atoms. The van der Waals surface area contributed by atoms with E-state index in [0.29, 0.717) is 26.9 Å². The molecular formula is C32H35BrF2N4O4. The van der Waals surface area contributed by atoms with Crippen LogP contribution >= 0.6 is 15.9 Å². The van der Waals surface area contributed by atoms with Crippen molar-refractivity contribution in [3.05, 3.63) is 84.5 Å². The number of amides is 1. The quantitative estimate of drug-likeness (QED) is 0.251. The maximum Gasteiger partial charge on any atom is 0.308 e. The van der Waals surface area contributed by atoms with Crippen LogP contribution in [0.15, 0.2) is 33.8 Å². The van der Waals surface area contributed by atoms with Gasteiger partial charge in [0, 0.05) is 17.3 Å². The first-order valence-electron chi connectivity index (χ1n) is 13.9. The Hall–Kier alpha value is -3.91. The Morgan fingerprint density at radius 2 is 1.72 bits per heavy atom. The monoisotopic (exact) mass is 656 g/mol. The lowest BCUT2D eigenvalue weighted by molar-refractivity contribution is -0.144. The fraction of sp³-hybridized carbons (Fsp3) is 0.406. The summed E-state index contributed by atoms with van der Waals surface area (Å²) in [5, 5.41) is 12.0. The summed E-state index contributed by atoms with van der Waals surface area (Å²) in [5.41, 5.74) is 1.42. The van der Waals surface area contributed by atoms with E-state index in [0.717, 1.165) is 0 Å². The largest absolute Gasteiger partial charge is 0.466 e. The molecule has 0 aliphatic carbocycles. The van der Waals surface area contributed by atoms with Gasteiger partial charge in [0.15, 0.2) is 0 Å². The number of aryl methyl sites for hydroxylation is 4. The van der Waals surface area contributed by atoms with Gasteiger partial charge in [0.05, 0.1) is 30.7 Å². The molecule has 0 spiro atoms. The van der Waals surface area contributed by atoms with Crippen molar-refractivity contribution in [3.63, 3.8) is 0 Å². The average Bonchev–Trinajstić information content (AvgIpc) is 2.91. The first-order valence-corrected chi connectivity index (χ1v) is 14.7. The van der Waals surface area contributed by atoms with Gasteiger partial charge in [-0.2, -0.15) is 5.26 Å². The molecule has 228 valence electrons. The molecule has 11 heteroatoms. The summed E-state index contributed by atoms with van der Waals surface area (Å²) in [4.78, 5) is 43.7. The number of nitriles is 1. The molecule has 8 nitrogen and oxygen atoms in total. The average molecular weight is 658 g/mol. The Morgan fingerprint density at radius 1 is 1.09 bits per heavy atom. The molecule has 0 unspecified atom stereocenters. The van der Waals surface area contributed by atoms with Crippen LogP contribution in [-0.2, 0) is 14.3 Å². The van der Waals surface area contributed by atoms with Crippen LogP contribution in [0.2, 0.25) is 0 Å². The van der Waals surface area contributed by atoms with Crippen LogP contribution in [0.1, 0.15) is 79.2 Å². The van der Waals surface area contributed by atoms with E-state index in [-0.39, 0.29) is 35.8 Å². The first kappa shape index (κ1) is 33.6. The minimum absolute atomic E-state index is 0.0306. The number of benzene rings is 2. The van der Waals surface area contributed by atoms with E-state index in [1.54, 1.807) is 32.9 Å². The van der Waals surface area contributed by atoms with E-state index >= 15 is 8.78 Å². The van der Waals surface area contributed by atoms with Crippen LogP contribution in [0.5, 0.6) is 0 Å². The van der Waals surface area contributed by atoms with Gasteiger partial charge in [-0.3, -0.25) is 19.0 Å². The fourth-order valence-corrected chi connectivity index (χ4v) is 5.73. The van der Waals surface area contributed by atoms with Crippen molar-refractivity contribution < 1.29 is 23.1 Å². The molecule has 1 heterocycles. The van der Waals surface area contributed by atoms with E-state index in [9.17, 15) is 19.6 Å². The Balaban J connectivity index is 2.22. The zero-order chi connectivity index (χ0) is 32.2. The van der Waals surface area contributed by atoms with Crippen LogP contribution in [0, 0.1) is 56.6 Å². The van der Waals surface area contributed by atoms with Crippen molar-refractivity contribution in [2.45, 2.75) is 73.4 Å². The van der Waals surface area contributed by atoms with Crippen LogP contribution in [0.25, 0.3) is 11.1 Å². The molecule has 2 aromatic carbocycles. The summed E-state index contributed by atoms with van der Waals surface area (Å²) in [7, 11) is 0. The molecule has 0 saturated carbocycles. The van der Waals surface area contributed by atoms with Crippen molar-refractivity contribution in [3.8, 4) is 17.2 Å². The van der Waals surface area contributed by atoms with Crippen molar-refractivity contribution in [1.29, 1.82) is 5.26 Å². The predicted octanol–water partition coefficient (Wildman–Crippen LogP) is 6.45. The van der Waals surface area contributed by atoms with Crippen LogP contribution < -0.4 is 10.9 Å². The minimum atomic E-state index is -1.46. The summed E-state index contributed by atoms with van der Waals surface area (Å²) < 4.78 is 39.0. The number of rotatable bonds is 10. The number of hydrogen-bond donors (Lipinski definition) is 1. The Labute approximate surface area is 258 Å². The van der Waals surface area contributed by atoms with Crippen LogP contribution in [-0.4, -0.2) is 28.0 Å². The number of ether oxygens (including phenoxy) is 1. The van der Waals surface area contributed by atoms with E-state index in [1.165, 1.54) is 30.7 Å². The highest BCUT2D eigenvalue weighted by atomic mass is 79.9. The Morgan fingerprint density at radius 3 is 2.28 bits per heavy atom. The summed E-state index contributed by atoms with van der Waals surface area (Å²) in [5.74, 6) is -3.37. The SMILES string of the molecule is CCOC(=O)C[C@H](NC(=O)[C@H](CC(C)C)n1cc(Br)nc(C)c1=O)c1c(F)c(C)cc(-c2c(C)cc(C#N)cc2C)c1F. The predicted molar refractivity (Wildman–Crippen MR) is 162 cm³/mol. The van der Waals surface area contributed by atoms with Crippen LogP contribution in [0.3, 0.4) is 0 Å². The van der Waals surface area contributed by atoms with Gasteiger partial charge < -0.3 is 10.1 Å². The molecule has 0 aliphatic heterocycles. The van der Waals surface area contributed by atoms with Crippen LogP contribution in [0.4, 0.5) is 8.78 Å². The summed E-state index contributed by atoms with van der Waals surface area (Å²) in [6, 6.07) is 4.15. The normalized spacial score (nSPS) is 12.5. The second-order valence-corrected chi connectivity index (χ2v) is 11.8. The number of nitrogens with one attached hydrogen (secondary N) is 1. The third kappa shape index (κ3) is 7.54. The first-order chi connectivity index (χ1) is 20.2. The molecule has 1 amide bonds. The fourth-order valence-electron chi connectivity index (χ4n) is 5.24. The highest BCUT2D eigenvalue weighted by molar-refractivity contribution is 9.10. The van der Waals surface area contributed by atoms with Crippen molar-refractivity contribution in [1.82, 2.24) is 14.9 Å². The van der Waals surface area contributed by atoms with Gasteiger partial charge in [0.2, 0.25) is 5.91 Å². The molecule has 0 saturated heterocycles. The highest BCUT2D eigenvalue weighted by Crippen LogP contribution is 2.37. The molecule has 1 N–H and O–H groups in total. The van der Waals surface area contributed by atoms with Crippen molar-refractivity contribution in [2.75, 3.05) is 6.61 Å². The van der Waals surface area contributed by atoms with Gasteiger partial charge in [0.1, 0.15) is 28.0 Å². The number of nitrogens with zero attached hydrogens (tertiary/aromatic N) is 3. The van der Waals surface area contributed by atoms with Gasteiger partial charge in [-0.15, -0.1) is 0 Å². The lowest BCUT2D eigenvalue weighted by Crippen LogP contribution is -2.41. The minimum Gasteiger partial charge on any atom is -0.466 e. The molecular weight excluding hydrogens is 622 g/mol. The van der Waals surface area contributed by atoms with Gasteiger partial charge in [0.25, 0.3) is 5.56 Å². The van der Waals surface area contributed by atoms with Gasteiger partial charge in [-0.1, -0.05) is 13.8 Å². The summed E-state index contributed by atoms with van der Waals surface area (Å²) in [6.07, 6.45) is 1.07. The maximum absolute atomic E-state index is 16.5. The Bertz CT molecular complexity index is 1640. The topological polar surface area (TPSA) is 114 Å². The zero-order valence-electron chi connectivity index (χ0n) is 25.3. The summed E-state index contributed by atoms with van der Waals surface area (Å²) in [6.45, 7) is 11.8. The number of hydrogen-bond acceptors (Lipinski definition) is 6. The number of carbonyl (C=O) groups excluding carboxylic acids is 2. The van der Waals surface area contributed by atoms with E-state index in [1.807, 2.05) is 13.8 Å². The van der Waals surface area contributed by atoms with E-state index in [4.69, 9.17) is 4.74 Å². The zero-order valence-corrected chi connectivity index (χ0v) is 26.9. The second kappa shape index (κ2) is 14.0. The van der Waals surface area contributed by atoms with Crippen molar-refractivity contribution >= 4 is 27.8 Å². The van der Waals surface area contributed by atoms with Gasteiger partial charge >= 0.3 is 5.97 Å². The Kier molecular flexibility index (Phi) is 11.0. The van der Waals surface area contributed by atoms with Gasteiger partial charge in [-0.25, -0.2) is 13.8 Å². The number of aromatic nitrogens is 2. The lowest BCUT2D eigenvalue weighted by atomic mass is 9.88. The molecule has 2 atom stereocenters. The second-order valence-electron chi connectivity index (χ2n) is 11.0. The molecule has 0 radical (unpaired) electrons. The standard InChI is InChI=1S/C32H35BrF2N4O4/c1-8-43-26(40)13-23(38-31(41)24(9-16(2)3)39-15-25(33)37-20(7)32(39)42)28-29(34)19(6)12-22(30(28)35)27-17(4)10-21(14-36)11-18(27)5/h10-12,15-16,23-24H,8-9,13H2,1-7H3,(H,38,41)/t23-,24-/m0/s1. The molecule has 43 heavy (non-hydrogen) atoms. The lowest BCUT2D eigenvalue weighted by Gasteiger charge is -2.27. The smallest absolute Gasteiger partial charge is 0.308 e. The summed E-state index contributed by atoms with van der Waals surface area (Å²) >= 11 is 3.27. The molecule has 1 aromatic heterocycles. The highest BCUT2D eigenvalue weighted by Gasteiger charge is 2.32. The van der Waals surface area contributed by atoms with Crippen molar-refractivity contribution in [2.24, 2.45) is 5.92 Å². The van der Waals surface area contributed by atoms with E-state index in [2.05, 4.69) is 32.3 Å². The molecule has 0 aliphatic rings. The maximum atomic E-state index is 16.5.